The summed E-state index contributed by atoms with van der Waals surface area (Å²) in [7, 11) is 0. The van der Waals surface area contributed by atoms with Crippen molar-refractivity contribution in [3.8, 4) is 22.6 Å². The van der Waals surface area contributed by atoms with Gasteiger partial charge in [0, 0.05) is 27.9 Å². The molecule has 160 valence electrons. The second kappa shape index (κ2) is 9.75. The van der Waals surface area contributed by atoms with Gasteiger partial charge in [0.25, 0.3) is 10.9 Å². The van der Waals surface area contributed by atoms with E-state index in [9.17, 15) is 14.9 Å². The van der Waals surface area contributed by atoms with Gasteiger partial charge in [-0.05, 0) is 53.6 Å². The van der Waals surface area contributed by atoms with Crippen LogP contribution in [0.5, 0.6) is 0 Å². The molecule has 0 bridgehead atoms. The average molecular weight is 511 g/mol. The van der Waals surface area contributed by atoms with E-state index in [0.717, 1.165) is 32.9 Å². The number of non-ortho nitro benzene ring substituents is 1. The number of benzene rings is 3. The number of carbonyl (C=O) groups is 1. The van der Waals surface area contributed by atoms with Crippen molar-refractivity contribution >= 4 is 45.0 Å². The maximum Gasteiger partial charge on any atom is 0.277 e. The summed E-state index contributed by atoms with van der Waals surface area (Å²) in [6, 6.07) is 21.0. The van der Waals surface area contributed by atoms with Gasteiger partial charge in [-0.15, -0.1) is 10.2 Å². The second-order valence-electron chi connectivity index (χ2n) is 6.60. The number of carbonyl (C=O) groups excluding carboxylic acids is 1. The molecule has 0 spiro atoms. The fraction of sp³-hybridized carbons (Fsp3) is 0.0455. The predicted molar refractivity (Wildman–Crippen MR) is 125 cm³/mol. The summed E-state index contributed by atoms with van der Waals surface area (Å²) in [4.78, 5) is 22.6. The molecular formula is C22H15BrN4O4S. The highest BCUT2D eigenvalue weighted by Gasteiger charge is 2.12. The van der Waals surface area contributed by atoms with Crippen LogP contribution in [0.3, 0.4) is 0 Å². The molecule has 0 fully saturated rings. The highest BCUT2D eigenvalue weighted by atomic mass is 79.9. The first-order chi connectivity index (χ1) is 15.5. The fourth-order valence-electron chi connectivity index (χ4n) is 2.85. The number of nitro benzene ring substituents is 1. The lowest BCUT2D eigenvalue weighted by molar-refractivity contribution is -0.384. The summed E-state index contributed by atoms with van der Waals surface area (Å²) >= 11 is 4.55. The lowest BCUT2D eigenvalue weighted by Crippen LogP contribution is -2.13. The molecule has 1 N–H and O–H groups in total. The largest absolute Gasteiger partial charge is 0.411 e. The molecule has 8 nitrogen and oxygen atoms in total. The van der Waals surface area contributed by atoms with Crippen molar-refractivity contribution in [1.29, 1.82) is 0 Å². The Kier molecular flexibility index (Phi) is 6.62. The van der Waals surface area contributed by atoms with Crippen molar-refractivity contribution in [3.05, 3.63) is 87.4 Å². The summed E-state index contributed by atoms with van der Waals surface area (Å²) in [5.74, 6) is 0.292. The van der Waals surface area contributed by atoms with E-state index in [4.69, 9.17) is 4.42 Å². The van der Waals surface area contributed by atoms with Crippen molar-refractivity contribution in [3.63, 3.8) is 0 Å². The van der Waals surface area contributed by atoms with Gasteiger partial charge in [0.15, 0.2) is 0 Å². The third-order valence-corrected chi connectivity index (χ3v) is 5.70. The number of nitrogens with one attached hydrogen (secondary N) is 1. The Labute approximate surface area is 195 Å². The Bertz CT molecular complexity index is 1260. The number of rotatable bonds is 7. The molecule has 4 aromatic rings. The summed E-state index contributed by atoms with van der Waals surface area (Å²) in [5.41, 5.74) is 3.21. The number of thioether (sulfide) groups is 1. The first-order valence-electron chi connectivity index (χ1n) is 9.35. The van der Waals surface area contributed by atoms with E-state index in [1.165, 1.54) is 12.1 Å². The van der Waals surface area contributed by atoms with E-state index < -0.39 is 4.92 Å². The Morgan fingerprint density at radius 1 is 1.00 bits per heavy atom. The normalized spacial score (nSPS) is 10.7. The third kappa shape index (κ3) is 5.40. The average Bonchev–Trinajstić information content (AvgIpc) is 3.28. The van der Waals surface area contributed by atoms with Gasteiger partial charge >= 0.3 is 0 Å². The zero-order chi connectivity index (χ0) is 22.5. The number of aromatic nitrogens is 2. The van der Waals surface area contributed by atoms with Crippen LogP contribution in [-0.2, 0) is 4.79 Å². The number of halogens is 1. The van der Waals surface area contributed by atoms with Gasteiger partial charge in [0.2, 0.25) is 11.8 Å². The minimum atomic E-state index is -0.434. The molecule has 0 unspecified atom stereocenters. The van der Waals surface area contributed by atoms with Gasteiger partial charge < -0.3 is 9.73 Å². The van der Waals surface area contributed by atoms with E-state index in [-0.39, 0.29) is 17.3 Å². The smallest absolute Gasteiger partial charge is 0.277 e. The SMILES string of the molecule is O=C(CSc1nnc(-c2cccc(Br)c2)o1)Nc1ccc(-c2ccc([N+](=O)[O-])cc2)cc1. The molecule has 4 rings (SSSR count). The minimum absolute atomic E-state index is 0.0418. The van der Waals surface area contributed by atoms with Gasteiger partial charge in [0.1, 0.15) is 0 Å². The van der Waals surface area contributed by atoms with Gasteiger partial charge in [-0.25, -0.2) is 0 Å². The molecule has 0 aliphatic carbocycles. The van der Waals surface area contributed by atoms with Crippen molar-refractivity contribution < 1.29 is 14.1 Å². The lowest BCUT2D eigenvalue weighted by Gasteiger charge is -2.06. The zero-order valence-corrected chi connectivity index (χ0v) is 18.8. The molecule has 0 saturated carbocycles. The number of nitro groups is 1. The van der Waals surface area contributed by atoms with Crippen molar-refractivity contribution in [2.45, 2.75) is 5.22 Å². The van der Waals surface area contributed by atoms with Crippen LogP contribution in [0.2, 0.25) is 0 Å². The summed E-state index contributed by atoms with van der Waals surface area (Å²) in [6.07, 6.45) is 0. The first kappa shape index (κ1) is 21.7. The summed E-state index contributed by atoms with van der Waals surface area (Å²) in [5, 5.41) is 21.9. The van der Waals surface area contributed by atoms with Crippen LogP contribution < -0.4 is 5.32 Å². The topological polar surface area (TPSA) is 111 Å². The monoisotopic (exact) mass is 510 g/mol. The first-order valence-corrected chi connectivity index (χ1v) is 11.1. The Morgan fingerprint density at radius 3 is 2.34 bits per heavy atom. The standard InChI is InChI=1S/C22H15BrN4O4S/c23-17-3-1-2-16(12-17)21-25-26-22(31-21)32-13-20(28)24-18-8-4-14(5-9-18)15-6-10-19(11-7-15)27(29)30/h1-12H,13H2,(H,24,28). The molecule has 1 amide bonds. The van der Waals surface area contributed by atoms with Crippen LogP contribution in [0.1, 0.15) is 0 Å². The van der Waals surface area contributed by atoms with E-state index in [2.05, 4.69) is 31.4 Å². The number of hydrogen-bond acceptors (Lipinski definition) is 7. The molecule has 1 aromatic heterocycles. The zero-order valence-electron chi connectivity index (χ0n) is 16.4. The highest BCUT2D eigenvalue weighted by molar-refractivity contribution is 9.10. The lowest BCUT2D eigenvalue weighted by atomic mass is 10.1. The molecule has 0 aliphatic rings. The molecule has 10 heteroatoms. The molecule has 3 aromatic carbocycles. The predicted octanol–water partition coefficient (Wildman–Crippen LogP) is 5.81. The fourth-order valence-corrected chi connectivity index (χ4v) is 3.81. The van der Waals surface area contributed by atoms with E-state index in [1.54, 1.807) is 24.3 Å². The van der Waals surface area contributed by atoms with Gasteiger partial charge in [0.05, 0.1) is 10.7 Å². The van der Waals surface area contributed by atoms with Crippen LogP contribution in [0.4, 0.5) is 11.4 Å². The van der Waals surface area contributed by atoms with Crippen molar-refractivity contribution in [2.75, 3.05) is 11.1 Å². The van der Waals surface area contributed by atoms with Crippen LogP contribution in [-0.4, -0.2) is 26.8 Å². The molecule has 0 radical (unpaired) electrons. The molecular weight excluding hydrogens is 496 g/mol. The minimum Gasteiger partial charge on any atom is -0.411 e. The number of hydrogen-bond donors (Lipinski definition) is 1. The summed E-state index contributed by atoms with van der Waals surface area (Å²) < 4.78 is 6.52. The molecule has 0 aliphatic heterocycles. The quantitative estimate of drug-likeness (QED) is 0.190. The van der Waals surface area contributed by atoms with Crippen LogP contribution in [0, 0.1) is 10.1 Å². The molecule has 0 saturated heterocycles. The maximum absolute atomic E-state index is 12.3. The van der Waals surface area contributed by atoms with Crippen molar-refractivity contribution in [1.82, 2.24) is 10.2 Å². The summed E-state index contributed by atoms with van der Waals surface area (Å²) in [6.45, 7) is 0. The van der Waals surface area contributed by atoms with Crippen LogP contribution in [0.25, 0.3) is 22.6 Å². The highest BCUT2D eigenvalue weighted by Crippen LogP contribution is 2.26. The molecule has 0 atom stereocenters. The third-order valence-electron chi connectivity index (χ3n) is 4.38. The van der Waals surface area contributed by atoms with Crippen molar-refractivity contribution in [2.24, 2.45) is 0 Å². The second-order valence-corrected chi connectivity index (χ2v) is 8.44. The Hall–Kier alpha value is -3.50. The van der Waals surface area contributed by atoms with Crippen LogP contribution >= 0.6 is 27.7 Å². The number of amides is 1. The Balaban J connectivity index is 1.32. The van der Waals surface area contributed by atoms with E-state index in [1.807, 2.05) is 36.4 Å². The Morgan fingerprint density at radius 2 is 1.69 bits per heavy atom. The molecule has 1 heterocycles. The van der Waals surface area contributed by atoms with Gasteiger partial charge in [-0.3, -0.25) is 14.9 Å². The van der Waals surface area contributed by atoms with E-state index >= 15 is 0 Å². The van der Waals surface area contributed by atoms with Crippen LogP contribution in [0.15, 0.2) is 86.9 Å². The van der Waals surface area contributed by atoms with Gasteiger partial charge in [-0.1, -0.05) is 45.9 Å². The van der Waals surface area contributed by atoms with Gasteiger partial charge in [-0.2, -0.15) is 0 Å². The number of anilines is 1. The maximum atomic E-state index is 12.3. The molecule has 32 heavy (non-hydrogen) atoms. The van der Waals surface area contributed by atoms with E-state index in [0.29, 0.717) is 16.8 Å². The number of nitrogens with zero attached hydrogens (tertiary/aromatic N) is 3.